The lowest BCUT2D eigenvalue weighted by Gasteiger charge is -2.10. The van der Waals surface area contributed by atoms with Crippen LogP contribution in [0, 0.1) is 20.2 Å². The molecule has 13 heteroatoms. The molecule has 1 aromatic rings. The van der Waals surface area contributed by atoms with Crippen molar-refractivity contribution >= 4 is 51.9 Å². The fourth-order valence-electron chi connectivity index (χ4n) is 1.26. The first-order chi connectivity index (χ1) is 10.2. The van der Waals surface area contributed by atoms with Crippen LogP contribution in [0.3, 0.4) is 0 Å². The van der Waals surface area contributed by atoms with Crippen molar-refractivity contribution in [1.82, 2.24) is 16.2 Å². The van der Waals surface area contributed by atoms with Gasteiger partial charge < -0.3 is 5.73 Å². The van der Waals surface area contributed by atoms with Gasteiger partial charge in [-0.3, -0.25) is 41.2 Å². The highest BCUT2D eigenvalue weighted by Crippen LogP contribution is 2.22. The third kappa shape index (κ3) is 4.88. The summed E-state index contributed by atoms with van der Waals surface area (Å²) in [4.78, 5) is 31.6. The Labute approximate surface area is 133 Å². The van der Waals surface area contributed by atoms with Gasteiger partial charge in [0.1, 0.15) is 0 Å². The minimum atomic E-state index is -0.881. The largest absolute Gasteiger partial charge is 0.375 e. The molecule has 0 aliphatic heterocycles. The van der Waals surface area contributed by atoms with Crippen molar-refractivity contribution in [2.45, 2.75) is 0 Å². The summed E-state index contributed by atoms with van der Waals surface area (Å²) in [6.07, 6.45) is 0. The Morgan fingerprint density at radius 1 is 1.05 bits per heavy atom. The van der Waals surface area contributed by atoms with E-state index in [1.807, 2.05) is 0 Å². The van der Waals surface area contributed by atoms with Crippen molar-refractivity contribution in [1.29, 1.82) is 0 Å². The van der Waals surface area contributed by atoms with Crippen molar-refractivity contribution < 1.29 is 14.6 Å². The van der Waals surface area contributed by atoms with Crippen LogP contribution >= 0.6 is 24.4 Å². The van der Waals surface area contributed by atoms with Gasteiger partial charge in [0.2, 0.25) is 0 Å². The third-order valence-electron chi connectivity index (χ3n) is 2.11. The molecule has 1 rings (SSSR count). The smallest absolute Gasteiger partial charge is 0.277 e. The molecule has 0 radical (unpaired) electrons. The summed E-state index contributed by atoms with van der Waals surface area (Å²) >= 11 is 9.22. The zero-order valence-electron chi connectivity index (χ0n) is 10.6. The monoisotopic (exact) mass is 344 g/mol. The van der Waals surface area contributed by atoms with Gasteiger partial charge in [0.15, 0.2) is 10.2 Å². The topological polar surface area (TPSA) is 165 Å². The quantitative estimate of drug-likeness (QED) is 0.329. The Morgan fingerprint density at radius 3 is 1.95 bits per heavy atom. The molecule has 116 valence electrons. The van der Waals surface area contributed by atoms with Gasteiger partial charge >= 0.3 is 0 Å². The number of carbonyl (C=O) groups excluding carboxylic acids is 1. The molecule has 0 saturated heterocycles. The summed E-state index contributed by atoms with van der Waals surface area (Å²) in [5, 5.41) is 23.2. The molecule has 0 saturated carbocycles. The number of hydrogen-bond donors (Lipinski definition) is 4. The highest BCUT2D eigenvalue weighted by Gasteiger charge is 2.20. The van der Waals surface area contributed by atoms with Crippen molar-refractivity contribution in [3.63, 3.8) is 0 Å². The molecule has 11 nitrogen and oxygen atoms in total. The van der Waals surface area contributed by atoms with Gasteiger partial charge in [0.05, 0.1) is 21.5 Å². The average molecular weight is 344 g/mol. The number of hydrogen-bond acceptors (Lipinski definition) is 7. The summed E-state index contributed by atoms with van der Waals surface area (Å²) in [6.45, 7) is 0. The van der Waals surface area contributed by atoms with Gasteiger partial charge in [-0.2, -0.15) is 0 Å². The van der Waals surface area contributed by atoms with E-state index in [4.69, 9.17) is 18.0 Å². The number of nitrogens with one attached hydrogen (secondary N) is 3. The number of nitrogens with two attached hydrogens (primary N) is 1. The second kappa shape index (κ2) is 7.19. The van der Waals surface area contributed by atoms with E-state index in [1.165, 1.54) is 0 Å². The van der Waals surface area contributed by atoms with E-state index in [0.717, 1.165) is 18.2 Å². The van der Waals surface area contributed by atoms with Crippen LogP contribution in [-0.2, 0) is 0 Å². The number of non-ortho nitro benzene ring substituents is 2. The Hall–Kier alpha value is -2.93. The first-order valence-electron chi connectivity index (χ1n) is 5.31. The number of amides is 1. The maximum absolute atomic E-state index is 11.9. The molecule has 0 aliphatic rings. The predicted molar refractivity (Wildman–Crippen MR) is 82.9 cm³/mol. The molecular weight excluding hydrogens is 336 g/mol. The minimum absolute atomic E-state index is 0.136. The van der Waals surface area contributed by atoms with E-state index >= 15 is 0 Å². The highest BCUT2D eigenvalue weighted by molar-refractivity contribution is 7.80. The summed E-state index contributed by atoms with van der Waals surface area (Å²) < 4.78 is 0. The molecular formula is C9H8N6O5S2. The summed E-state index contributed by atoms with van der Waals surface area (Å²) in [7, 11) is 0. The molecule has 1 aromatic carbocycles. The van der Waals surface area contributed by atoms with Crippen molar-refractivity contribution in [3.8, 4) is 0 Å². The first kappa shape index (κ1) is 17.1. The Balaban J connectivity index is 2.97. The second-order valence-corrected chi connectivity index (χ2v) is 4.50. The number of benzene rings is 1. The first-order valence-corrected chi connectivity index (χ1v) is 6.13. The van der Waals surface area contributed by atoms with E-state index in [2.05, 4.69) is 28.4 Å². The van der Waals surface area contributed by atoms with Crippen molar-refractivity contribution in [3.05, 3.63) is 44.0 Å². The molecule has 0 aromatic heterocycles. The number of hydrazine groups is 1. The predicted octanol–water partition coefficient (Wildman–Crippen LogP) is -0.144. The molecule has 0 unspecified atom stereocenters. The van der Waals surface area contributed by atoms with Crippen molar-refractivity contribution in [2.24, 2.45) is 5.73 Å². The number of thiocarbonyl (C=S) groups is 2. The number of nitrogens with zero attached hydrogens (tertiary/aromatic N) is 2. The maximum Gasteiger partial charge on any atom is 0.277 e. The molecule has 0 bridgehead atoms. The van der Waals surface area contributed by atoms with Gasteiger partial charge in [0.25, 0.3) is 17.3 Å². The summed E-state index contributed by atoms with van der Waals surface area (Å²) in [6, 6.07) is 2.50. The fraction of sp³-hybridized carbons (Fsp3) is 0. The molecule has 0 aliphatic carbocycles. The lowest BCUT2D eigenvalue weighted by Crippen LogP contribution is -2.50. The zero-order chi connectivity index (χ0) is 16.9. The molecule has 0 fully saturated rings. The lowest BCUT2D eigenvalue weighted by atomic mass is 10.1. The molecule has 0 spiro atoms. The van der Waals surface area contributed by atoms with Gasteiger partial charge in [0, 0.05) is 12.1 Å². The Bertz CT molecular complexity index is 646. The van der Waals surface area contributed by atoms with E-state index in [0.29, 0.717) is 0 Å². The van der Waals surface area contributed by atoms with Crippen molar-refractivity contribution in [2.75, 3.05) is 0 Å². The highest BCUT2D eigenvalue weighted by atomic mass is 32.1. The number of nitro benzene ring substituents is 2. The van der Waals surface area contributed by atoms with Crippen LogP contribution in [0.2, 0.25) is 0 Å². The Kier molecular flexibility index (Phi) is 5.59. The molecule has 1 amide bonds. The zero-order valence-corrected chi connectivity index (χ0v) is 12.2. The van der Waals surface area contributed by atoms with Gasteiger partial charge in [-0.25, -0.2) is 0 Å². The lowest BCUT2D eigenvalue weighted by molar-refractivity contribution is -0.394. The van der Waals surface area contributed by atoms with Gasteiger partial charge in [-0.15, -0.1) is 0 Å². The van der Waals surface area contributed by atoms with Crippen LogP contribution < -0.4 is 21.9 Å². The van der Waals surface area contributed by atoms with E-state index in [1.54, 1.807) is 0 Å². The maximum atomic E-state index is 11.9. The van der Waals surface area contributed by atoms with E-state index in [9.17, 15) is 25.0 Å². The molecule has 0 heterocycles. The van der Waals surface area contributed by atoms with Crippen LogP contribution in [0.4, 0.5) is 11.4 Å². The minimum Gasteiger partial charge on any atom is -0.375 e. The molecule has 5 N–H and O–H groups in total. The van der Waals surface area contributed by atoms with Crippen LogP contribution in [0.1, 0.15) is 10.4 Å². The SMILES string of the molecule is NC(=S)NNC(=S)NC(=O)c1cc([N+](=O)[O-])cc([N+](=O)[O-])c1. The van der Waals surface area contributed by atoms with Gasteiger partial charge in [-0.05, 0) is 24.4 Å². The van der Waals surface area contributed by atoms with Gasteiger partial charge in [-0.1, -0.05) is 0 Å². The molecule has 22 heavy (non-hydrogen) atoms. The third-order valence-corrected chi connectivity index (χ3v) is 2.42. The normalized spacial score (nSPS) is 9.45. The summed E-state index contributed by atoms with van der Waals surface area (Å²) in [5.74, 6) is -0.881. The number of nitro groups is 2. The van der Waals surface area contributed by atoms with E-state index in [-0.39, 0.29) is 15.8 Å². The van der Waals surface area contributed by atoms with Crippen LogP contribution in [-0.4, -0.2) is 26.0 Å². The van der Waals surface area contributed by atoms with Crippen LogP contribution in [0.25, 0.3) is 0 Å². The fourth-order valence-corrected chi connectivity index (χ4v) is 1.46. The standard InChI is InChI=1S/C9H8N6O5S2/c10-8(21)12-13-9(22)11-7(16)4-1-5(14(17)18)3-6(2-4)15(19)20/h1-3H,(H3,10,12,21)(H2,11,13,16,22). The number of carbonyl (C=O) groups is 1. The van der Waals surface area contributed by atoms with E-state index < -0.39 is 27.1 Å². The van der Waals surface area contributed by atoms with Crippen LogP contribution in [0.15, 0.2) is 18.2 Å². The van der Waals surface area contributed by atoms with Crippen LogP contribution in [0.5, 0.6) is 0 Å². The average Bonchev–Trinajstić information content (AvgIpc) is 2.44. The molecule has 0 atom stereocenters. The second-order valence-electron chi connectivity index (χ2n) is 3.65. The Morgan fingerprint density at radius 2 is 1.55 bits per heavy atom. The summed E-state index contributed by atoms with van der Waals surface area (Å²) in [5.41, 5.74) is 8.15. The number of rotatable bonds is 3.